The van der Waals surface area contributed by atoms with E-state index in [1.807, 2.05) is 43.3 Å². The monoisotopic (exact) mass is 380 g/mol. The van der Waals surface area contributed by atoms with E-state index >= 15 is 0 Å². The highest BCUT2D eigenvalue weighted by atomic mass is 16.1. The molecule has 0 saturated carbocycles. The Bertz CT molecular complexity index is 739. The van der Waals surface area contributed by atoms with Crippen LogP contribution in [0.2, 0.25) is 0 Å². The van der Waals surface area contributed by atoms with Gasteiger partial charge in [0.1, 0.15) is 0 Å². The molecule has 1 N–H and O–H groups in total. The summed E-state index contributed by atoms with van der Waals surface area (Å²) in [5.74, 6) is 0.0105. The van der Waals surface area contributed by atoms with Crippen LogP contribution in [0, 0.1) is 0 Å². The lowest BCUT2D eigenvalue weighted by atomic mass is 10.1. The molecule has 1 heterocycles. The molecule has 2 aromatic rings. The van der Waals surface area contributed by atoms with Gasteiger partial charge in [0.2, 0.25) is 0 Å². The van der Waals surface area contributed by atoms with Gasteiger partial charge in [-0.3, -0.25) is 9.69 Å². The molecule has 0 radical (unpaired) electrons. The van der Waals surface area contributed by atoms with Gasteiger partial charge in [-0.15, -0.1) is 0 Å². The van der Waals surface area contributed by atoms with Gasteiger partial charge in [0.05, 0.1) is 0 Å². The van der Waals surface area contributed by atoms with Crippen LogP contribution < -0.4 is 10.2 Å². The van der Waals surface area contributed by atoms with Crippen LogP contribution in [0.15, 0.2) is 54.6 Å². The van der Waals surface area contributed by atoms with E-state index in [1.54, 1.807) is 0 Å². The summed E-state index contributed by atoms with van der Waals surface area (Å²) < 4.78 is 0. The number of carbonyl (C=O) groups is 1. The molecule has 0 bridgehead atoms. The molecule has 1 saturated heterocycles. The lowest BCUT2D eigenvalue weighted by Gasteiger charge is -2.34. The highest BCUT2D eigenvalue weighted by molar-refractivity contribution is 5.95. The zero-order valence-electron chi connectivity index (χ0n) is 17.1. The van der Waals surface area contributed by atoms with E-state index in [1.165, 1.54) is 5.56 Å². The molecule has 1 fully saturated rings. The van der Waals surface area contributed by atoms with Gasteiger partial charge < -0.3 is 15.1 Å². The van der Waals surface area contributed by atoms with E-state index in [-0.39, 0.29) is 5.91 Å². The van der Waals surface area contributed by atoms with Gasteiger partial charge in [0, 0.05) is 64.6 Å². The molecule has 0 unspecified atom stereocenters. The summed E-state index contributed by atoms with van der Waals surface area (Å²) in [5, 5.41) is 3.05. The van der Waals surface area contributed by atoms with Crippen LogP contribution in [0.5, 0.6) is 0 Å². The van der Waals surface area contributed by atoms with E-state index < -0.39 is 0 Å². The van der Waals surface area contributed by atoms with Gasteiger partial charge in [-0.05, 0) is 36.7 Å². The molecule has 5 heteroatoms. The average Bonchev–Trinajstić information content (AvgIpc) is 2.73. The topological polar surface area (TPSA) is 38.8 Å². The smallest absolute Gasteiger partial charge is 0.251 e. The standard InChI is InChI=1S/C23H32N4O/c1-25(2)22-11-6-10-21(18-22)23(28)24-12-7-13-26-14-16-27(17-15-26)19-20-8-4-3-5-9-20/h3-6,8-11,18H,7,12-17,19H2,1-2H3,(H,24,28). The lowest BCUT2D eigenvalue weighted by molar-refractivity contribution is 0.0947. The van der Waals surface area contributed by atoms with Crippen LogP contribution in [0.1, 0.15) is 22.3 Å². The first-order valence-electron chi connectivity index (χ1n) is 10.2. The Hall–Kier alpha value is -2.37. The maximum atomic E-state index is 12.3. The fraction of sp³-hybridized carbons (Fsp3) is 0.435. The Labute approximate surface area is 168 Å². The molecule has 5 nitrogen and oxygen atoms in total. The fourth-order valence-corrected chi connectivity index (χ4v) is 3.54. The molecular weight excluding hydrogens is 348 g/mol. The van der Waals surface area contributed by atoms with Crippen molar-refractivity contribution in [3.63, 3.8) is 0 Å². The number of piperazine rings is 1. The maximum absolute atomic E-state index is 12.3. The number of carbonyl (C=O) groups excluding carboxylic acids is 1. The van der Waals surface area contributed by atoms with E-state index in [0.717, 1.165) is 63.5 Å². The zero-order valence-corrected chi connectivity index (χ0v) is 17.1. The number of hydrogen-bond donors (Lipinski definition) is 1. The maximum Gasteiger partial charge on any atom is 0.251 e. The molecule has 0 aliphatic carbocycles. The Balaban J connectivity index is 1.33. The summed E-state index contributed by atoms with van der Waals surface area (Å²) in [4.78, 5) is 19.4. The third kappa shape index (κ3) is 6.08. The Morgan fingerprint density at radius 2 is 1.68 bits per heavy atom. The number of amides is 1. The highest BCUT2D eigenvalue weighted by Gasteiger charge is 2.16. The van der Waals surface area contributed by atoms with Crippen molar-refractivity contribution in [2.45, 2.75) is 13.0 Å². The Morgan fingerprint density at radius 3 is 2.39 bits per heavy atom. The van der Waals surface area contributed by atoms with Crippen LogP contribution in [0.3, 0.4) is 0 Å². The zero-order chi connectivity index (χ0) is 19.8. The van der Waals surface area contributed by atoms with Crippen molar-refractivity contribution < 1.29 is 4.79 Å². The van der Waals surface area contributed by atoms with Crippen molar-refractivity contribution in [2.75, 3.05) is 58.3 Å². The quantitative estimate of drug-likeness (QED) is 0.715. The number of anilines is 1. The predicted molar refractivity (Wildman–Crippen MR) is 116 cm³/mol. The van der Waals surface area contributed by atoms with Crippen molar-refractivity contribution in [3.8, 4) is 0 Å². The molecule has 1 aliphatic rings. The lowest BCUT2D eigenvalue weighted by Crippen LogP contribution is -2.46. The van der Waals surface area contributed by atoms with Gasteiger partial charge in [-0.1, -0.05) is 36.4 Å². The minimum Gasteiger partial charge on any atom is -0.378 e. The minimum atomic E-state index is 0.0105. The van der Waals surface area contributed by atoms with Crippen molar-refractivity contribution in [2.24, 2.45) is 0 Å². The summed E-state index contributed by atoms with van der Waals surface area (Å²) in [5.41, 5.74) is 3.15. The van der Waals surface area contributed by atoms with Crippen molar-refractivity contribution >= 4 is 11.6 Å². The largest absolute Gasteiger partial charge is 0.378 e. The van der Waals surface area contributed by atoms with Crippen LogP contribution in [0.4, 0.5) is 5.69 Å². The Morgan fingerprint density at radius 1 is 0.964 bits per heavy atom. The number of nitrogens with zero attached hydrogens (tertiary/aromatic N) is 3. The van der Waals surface area contributed by atoms with E-state index in [2.05, 4.69) is 45.4 Å². The van der Waals surface area contributed by atoms with E-state index in [0.29, 0.717) is 0 Å². The minimum absolute atomic E-state index is 0.0105. The molecule has 150 valence electrons. The first kappa shape index (κ1) is 20.4. The molecule has 3 rings (SSSR count). The third-order valence-corrected chi connectivity index (χ3v) is 5.28. The number of hydrogen-bond acceptors (Lipinski definition) is 4. The first-order chi connectivity index (χ1) is 13.6. The van der Waals surface area contributed by atoms with Crippen LogP contribution in [0.25, 0.3) is 0 Å². The number of nitrogens with one attached hydrogen (secondary N) is 1. The number of benzene rings is 2. The molecule has 0 spiro atoms. The normalized spacial score (nSPS) is 15.4. The molecule has 2 aromatic carbocycles. The van der Waals surface area contributed by atoms with Gasteiger partial charge in [-0.25, -0.2) is 0 Å². The van der Waals surface area contributed by atoms with E-state index in [9.17, 15) is 4.79 Å². The first-order valence-corrected chi connectivity index (χ1v) is 10.2. The van der Waals surface area contributed by atoms with Crippen LogP contribution in [-0.4, -0.2) is 69.1 Å². The summed E-state index contributed by atoms with van der Waals surface area (Å²) >= 11 is 0. The summed E-state index contributed by atoms with van der Waals surface area (Å²) in [7, 11) is 3.97. The molecule has 0 aromatic heterocycles. The SMILES string of the molecule is CN(C)c1cccc(C(=O)NCCCN2CCN(Cc3ccccc3)CC2)c1. The molecule has 1 aliphatic heterocycles. The Kier molecular flexibility index (Phi) is 7.46. The van der Waals surface area contributed by atoms with Gasteiger partial charge >= 0.3 is 0 Å². The number of rotatable bonds is 8. The van der Waals surface area contributed by atoms with E-state index in [4.69, 9.17) is 0 Å². The van der Waals surface area contributed by atoms with Crippen LogP contribution in [-0.2, 0) is 6.54 Å². The van der Waals surface area contributed by atoms with Crippen molar-refractivity contribution in [3.05, 3.63) is 65.7 Å². The van der Waals surface area contributed by atoms with Gasteiger partial charge in [0.15, 0.2) is 0 Å². The second-order valence-electron chi connectivity index (χ2n) is 7.66. The average molecular weight is 381 g/mol. The second-order valence-corrected chi connectivity index (χ2v) is 7.66. The van der Waals surface area contributed by atoms with Crippen molar-refractivity contribution in [1.82, 2.24) is 15.1 Å². The predicted octanol–water partition coefficient (Wildman–Crippen LogP) is 2.69. The third-order valence-electron chi connectivity index (χ3n) is 5.28. The van der Waals surface area contributed by atoms with Crippen LogP contribution >= 0.6 is 0 Å². The molecule has 28 heavy (non-hydrogen) atoms. The summed E-state index contributed by atoms with van der Waals surface area (Å²) in [6, 6.07) is 18.4. The molecule has 1 amide bonds. The van der Waals surface area contributed by atoms with Gasteiger partial charge in [0.25, 0.3) is 5.91 Å². The van der Waals surface area contributed by atoms with Gasteiger partial charge in [-0.2, -0.15) is 0 Å². The van der Waals surface area contributed by atoms with Crippen molar-refractivity contribution in [1.29, 1.82) is 0 Å². The summed E-state index contributed by atoms with van der Waals surface area (Å²) in [6.45, 7) is 7.22. The molecule has 0 atom stereocenters. The second kappa shape index (κ2) is 10.2. The summed E-state index contributed by atoms with van der Waals surface area (Å²) in [6.07, 6.45) is 0.984. The highest BCUT2D eigenvalue weighted by Crippen LogP contribution is 2.13. The molecular formula is C23H32N4O. The fourth-order valence-electron chi connectivity index (χ4n) is 3.54.